The molecule has 0 saturated heterocycles. The Morgan fingerprint density at radius 1 is 0.962 bits per heavy atom. The quantitative estimate of drug-likeness (QED) is 0.602. The summed E-state index contributed by atoms with van der Waals surface area (Å²) in [5.41, 5.74) is 2.12. The van der Waals surface area contributed by atoms with Gasteiger partial charge in [0.15, 0.2) is 5.82 Å². The molecule has 5 nitrogen and oxygen atoms in total. The van der Waals surface area contributed by atoms with E-state index in [4.69, 9.17) is 0 Å². The molecule has 0 radical (unpaired) electrons. The standard InChI is InChI=1S/C21H18N4O/c26-21(14-18-6-3-5-17-4-1-2-7-19(17)18)23-20-10-13-25(24-20)15-16-8-11-22-12-9-16/h1-13H,14-15H2,(H,23,24,26). The summed E-state index contributed by atoms with van der Waals surface area (Å²) in [7, 11) is 0. The van der Waals surface area contributed by atoms with Gasteiger partial charge in [-0.05, 0) is 34.0 Å². The molecule has 0 spiro atoms. The lowest BCUT2D eigenvalue weighted by Crippen LogP contribution is -2.15. The van der Waals surface area contributed by atoms with Gasteiger partial charge in [0.05, 0.1) is 13.0 Å². The summed E-state index contributed by atoms with van der Waals surface area (Å²) in [6.07, 6.45) is 5.68. The number of aromatic nitrogens is 3. The highest BCUT2D eigenvalue weighted by atomic mass is 16.1. The van der Waals surface area contributed by atoms with Gasteiger partial charge < -0.3 is 5.32 Å². The summed E-state index contributed by atoms with van der Waals surface area (Å²) in [5.74, 6) is 0.486. The lowest BCUT2D eigenvalue weighted by molar-refractivity contribution is -0.115. The monoisotopic (exact) mass is 342 g/mol. The Kier molecular flexibility index (Phi) is 4.43. The van der Waals surface area contributed by atoms with Crippen LogP contribution in [0.4, 0.5) is 5.82 Å². The highest BCUT2D eigenvalue weighted by Crippen LogP contribution is 2.19. The molecule has 0 saturated carbocycles. The fraction of sp³-hybridized carbons (Fsp3) is 0.0952. The van der Waals surface area contributed by atoms with Crippen LogP contribution in [0.25, 0.3) is 10.8 Å². The third-order valence-corrected chi connectivity index (χ3v) is 4.23. The van der Waals surface area contributed by atoms with Crippen LogP contribution >= 0.6 is 0 Å². The predicted molar refractivity (Wildman–Crippen MR) is 102 cm³/mol. The molecular formula is C21H18N4O. The van der Waals surface area contributed by atoms with E-state index in [1.54, 1.807) is 17.1 Å². The first kappa shape index (κ1) is 16.0. The van der Waals surface area contributed by atoms with Crippen molar-refractivity contribution in [2.75, 3.05) is 5.32 Å². The first-order valence-corrected chi connectivity index (χ1v) is 8.47. The van der Waals surface area contributed by atoms with Crippen LogP contribution in [-0.4, -0.2) is 20.7 Å². The van der Waals surface area contributed by atoms with Crippen molar-refractivity contribution in [3.05, 3.63) is 90.4 Å². The van der Waals surface area contributed by atoms with Crippen LogP contribution in [0.5, 0.6) is 0 Å². The van der Waals surface area contributed by atoms with E-state index in [-0.39, 0.29) is 5.91 Å². The van der Waals surface area contributed by atoms with Gasteiger partial charge >= 0.3 is 0 Å². The van der Waals surface area contributed by atoms with E-state index in [9.17, 15) is 4.79 Å². The maximum atomic E-state index is 12.4. The van der Waals surface area contributed by atoms with Crippen molar-refractivity contribution in [1.82, 2.24) is 14.8 Å². The Morgan fingerprint density at radius 2 is 1.77 bits per heavy atom. The number of hydrogen-bond acceptors (Lipinski definition) is 3. The molecule has 1 N–H and O–H groups in total. The van der Waals surface area contributed by atoms with Crippen molar-refractivity contribution in [3.63, 3.8) is 0 Å². The van der Waals surface area contributed by atoms with Crippen molar-refractivity contribution in [2.45, 2.75) is 13.0 Å². The molecule has 26 heavy (non-hydrogen) atoms. The zero-order chi connectivity index (χ0) is 17.8. The Labute approximate surface area is 151 Å². The van der Waals surface area contributed by atoms with Gasteiger partial charge in [-0.1, -0.05) is 42.5 Å². The molecule has 5 heteroatoms. The molecule has 0 aliphatic carbocycles. The van der Waals surface area contributed by atoms with Crippen molar-refractivity contribution >= 4 is 22.5 Å². The number of anilines is 1. The Balaban J connectivity index is 1.44. The summed E-state index contributed by atoms with van der Waals surface area (Å²) < 4.78 is 1.79. The van der Waals surface area contributed by atoms with Crippen LogP contribution in [0, 0.1) is 0 Å². The fourth-order valence-electron chi connectivity index (χ4n) is 3.00. The smallest absolute Gasteiger partial charge is 0.230 e. The lowest BCUT2D eigenvalue weighted by atomic mass is 10.0. The highest BCUT2D eigenvalue weighted by molar-refractivity contribution is 5.95. The third kappa shape index (κ3) is 3.62. The molecular weight excluding hydrogens is 324 g/mol. The number of hydrogen-bond donors (Lipinski definition) is 1. The molecule has 0 unspecified atom stereocenters. The number of nitrogens with zero attached hydrogens (tertiary/aromatic N) is 3. The van der Waals surface area contributed by atoms with Crippen LogP contribution in [0.2, 0.25) is 0 Å². The zero-order valence-corrected chi connectivity index (χ0v) is 14.2. The normalized spacial score (nSPS) is 10.8. The minimum Gasteiger partial charge on any atom is -0.309 e. The Bertz CT molecular complexity index is 1030. The fourth-order valence-corrected chi connectivity index (χ4v) is 3.00. The molecule has 0 aliphatic rings. The number of fused-ring (bicyclic) bond motifs is 1. The van der Waals surface area contributed by atoms with E-state index < -0.39 is 0 Å². The minimum absolute atomic E-state index is 0.0736. The number of carbonyl (C=O) groups excluding carboxylic acids is 1. The number of pyridine rings is 1. The summed E-state index contributed by atoms with van der Waals surface area (Å²) >= 11 is 0. The average molecular weight is 342 g/mol. The molecule has 0 atom stereocenters. The van der Waals surface area contributed by atoms with Crippen LogP contribution in [0.1, 0.15) is 11.1 Å². The number of carbonyl (C=O) groups is 1. The topological polar surface area (TPSA) is 59.8 Å². The van der Waals surface area contributed by atoms with Gasteiger partial charge in [0.2, 0.25) is 5.91 Å². The number of rotatable bonds is 5. The first-order valence-electron chi connectivity index (χ1n) is 8.47. The van der Waals surface area contributed by atoms with E-state index >= 15 is 0 Å². The molecule has 4 aromatic rings. The maximum absolute atomic E-state index is 12.4. The number of amides is 1. The molecule has 2 heterocycles. The molecule has 0 bridgehead atoms. The van der Waals surface area contributed by atoms with E-state index in [0.717, 1.165) is 21.9 Å². The third-order valence-electron chi connectivity index (χ3n) is 4.23. The molecule has 4 rings (SSSR count). The van der Waals surface area contributed by atoms with Crippen LogP contribution in [-0.2, 0) is 17.8 Å². The number of nitrogens with one attached hydrogen (secondary N) is 1. The summed E-state index contributed by atoms with van der Waals surface area (Å²) in [6.45, 7) is 0.641. The van der Waals surface area contributed by atoms with Gasteiger partial charge in [-0.2, -0.15) is 5.10 Å². The Hall–Kier alpha value is -3.47. The van der Waals surface area contributed by atoms with Gasteiger partial charge in [0, 0.05) is 24.7 Å². The van der Waals surface area contributed by atoms with Crippen LogP contribution < -0.4 is 5.32 Å². The molecule has 0 fully saturated rings. The summed E-state index contributed by atoms with van der Waals surface area (Å²) in [4.78, 5) is 16.4. The molecule has 2 aromatic carbocycles. The van der Waals surface area contributed by atoms with Crippen LogP contribution in [0.3, 0.4) is 0 Å². The second-order valence-electron chi connectivity index (χ2n) is 6.12. The highest BCUT2D eigenvalue weighted by Gasteiger charge is 2.09. The van der Waals surface area contributed by atoms with Gasteiger partial charge in [-0.25, -0.2) is 0 Å². The largest absolute Gasteiger partial charge is 0.309 e. The van der Waals surface area contributed by atoms with E-state index in [0.29, 0.717) is 18.8 Å². The number of benzene rings is 2. The first-order chi connectivity index (χ1) is 12.8. The molecule has 128 valence electrons. The van der Waals surface area contributed by atoms with Crippen molar-refractivity contribution < 1.29 is 4.79 Å². The SMILES string of the molecule is O=C(Cc1cccc2ccccc12)Nc1ccn(Cc2ccncc2)n1. The molecule has 0 aliphatic heterocycles. The second kappa shape index (κ2) is 7.19. The lowest BCUT2D eigenvalue weighted by Gasteiger charge is -2.06. The van der Waals surface area contributed by atoms with Gasteiger partial charge in [0.25, 0.3) is 0 Å². The van der Waals surface area contributed by atoms with E-state index in [1.807, 2.05) is 54.7 Å². The minimum atomic E-state index is -0.0736. The molecule has 2 aromatic heterocycles. The molecule has 1 amide bonds. The van der Waals surface area contributed by atoms with Crippen LogP contribution in [0.15, 0.2) is 79.3 Å². The van der Waals surface area contributed by atoms with Gasteiger partial charge in [-0.3, -0.25) is 14.5 Å². The second-order valence-corrected chi connectivity index (χ2v) is 6.12. The summed E-state index contributed by atoms with van der Waals surface area (Å²) in [6, 6.07) is 19.8. The van der Waals surface area contributed by atoms with Gasteiger partial charge in [-0.15, -0.1) is 0 Å². The predicted octanol–water partition coefficient (Wildman–Crippen LogP) is 3.66. The van der Waals surface area contributed by atoms with Crippen molar-refractivity contribution in [3.8, 4) is 0 Å². The van der Waals surface area contributed by atoms with E-state index in [2.05, 4.69) is 27.5 Å². The van der Waals surface area contributed by atoms with Crippen molar-refractivity contribution in [1.29, 1.82) is 0 Å². The summed E-state index contributed by atoms with van der Waals surface area (Å²) in [5, 5.41) is 9.54. The average Bonchev–Trinajstić information content (AvgIpc) is 3.09. The van der Waals surface area contributed by atoms with Gasteiger partial charge in [0.1, 0.15) is 0 Å². The van der Waals surface area contributed by atoms with E-state index in [1.165, 1.54) is 0 Å². The van der Waals surface area contributed by atoms with Crippen molar-refractivity contribution in [2.24, 2.45) is 0 Å². The maximum Gasteiger partial charge on any atom is 0.230 e. The zero-order valence-electron chi connectivity index (χ0n) is 14.2. The Morgan fingerprint density at radius 3 is 2.65 bits per heavy atom.